The van der Waals surface area contributed by atoms with Gasteiger partial charge in [0.2, 0.25) is 5.91 Å². The molecule has 0 aliphatic carbocycles. The van der Waals surface area contributed by atoms with Crippen LogP contribution < -0.4 is 16.0 Å². The molecule has 3 N–H and O–H groups in total. The molecule has 0 aliphatic rings. The van der Waals surface area contributed by atoms with Gasteiger partial charge < -0.3 is 16.0 Å². The van der Waals surface area contributed by atoms with Crippen LogP contribution in [-0.2, 0) is 4.79 Å². The number of carbonyl (C=O) groups is 2. The van der Waals surface area contributed by atoms with Crippen molar-refractivity contribution in [2.45, 2.75) is 26.8 Å². The predicted octanol–water partition coefficient (Wildman–Crippen LogP) is 1.01. The monoisotopic (exact) mass is 278 g/mol. The average Bonchev–Trinajstić information content (AvgIpc) is 2.44. The molecule has 0 saturated heterocycles. The standard InChI is InChI=1S/C14H22N4O2/c1-9(2)8-17-13(19)10(3)18-14(20)12-7-11(15-4)5-6-16-12/h5-7,9-10H,8H2,1-4H3,(H,15,16)(H,17,19)(H,18,20). The molecule has 0 saturated carbocycles. The summed E-state index contributed by atoms with van der Waals surface area (Å²) in [6.45, 7) is 6.26. The van der Waals surface area contributed by atoms with Crippen LogP contribution in [0.2, 0.25) is 0 Å². The third kappa shape index (κ3) is 4.87. The van der Waals surface area contributed by atoms with E-state index in [4.69, 9.17) is 0 Å². The Kier molecular flexibility index (Phi) is 5.96. The Morgan fingerprint density at radius 2 is 2.00 bits per heavy atom. The summed E-state index contributed by atoms with van der Waals surface area (Å²) in [6.07, 6.45) is 1.55. The Labute approximate surface area is 119 Å². The third-order valence-electron chi connectivity index (χ3n) is 2.71. The lowest BCUT2D eigenvalue weighted by atomic mass is 10.2. The van der Waals surface area contributed by atoms with Gasteiger partial charge in [-0.1, -0.05) is 13.8 Å². The molecular weight excluding hydrogens is 256 g/mol. The molecule has 6 heteroatoms. The van der Waals surface area contributed by atoms with E-state index >= 15 is 0 Å². The number of aromatic nitrogens is 1. The van der Waals surface area contributed by atoms with Gasteiger partial charge in [-0.15, -0.1) is 0 Å². The molecule has 1 aromatic heterocycles. The highest BCUT2D eigenvalue weighted by atomic mass is 16.2. The van der Waals surface area contributed by atoms with Crippen molar-refractivity contribution in [2.24, 2.45) is 5.92 Å². The van der Waals surface area contributed by atoms with E-state index in [0.29, 0.717) is 12.5 Å². The molecule has 0 fully saturated rings. The van der Waals surface area contributed by atoms with Gasteiger partial charge in [-0.2, -0.15) is 0 Å². The minimum absolute atomic E-state index is 0.197. The van der Waals surface area contributed by atoms with E-state index in [1.54, 1.807) is 32.3 Å². The summed E-state index contributed by atoms with van der Waals surface area (Å²) in [5.41, 5.74) is 1.07. The number of hydrogen-bond donors (Lipinski definition) is 3. The van der Waals surface area contributed by atoms with E-state index in [9.17, 15) is 9.59 Å². The van der Waals surface area contributed by atoms with Crippen LogP contribution in [0, 0.1) is 5.92 Å². The maximum atomic E-state index is 12.0. The van der Waals surface area contributed by atoms with Crippen LogP contribution in [0.1, 0.15) is 31.3 Å². The molecule has 0 radical (unpaired) electrons. The summed E-state index contributed by atoms with van der Waals surface area (Å²) in [4.78, 5) is 27.8. The fraction of sp³-hybridized carbons (Fsp3) is 0.500. The fourth-order valence-corrected chi connectivity index (χ4v) is 1.50. The summed E-state index contributed by atoms with van der Waals surface area (Å²) in [5.74, 6) is -0.193. The summed E-state index contributed by atoms with van der Waals surface area (Å²) < 4.78 is 0. The average molecular weight is 278 g/mol. The van der Waals surface area contributed by atoms with Gasteiger partial charge in [0.05, 0.1) is 0 Å². The second-order valence-electron chi connectivity index (χ2n) is 5.01. The van der Waals surface area contributed by atoms with E-state index in [-0.39, 0.29) is 17.5 Å². The Morgan fingerprint density at radius 1 is 1.30 bits per heavy atom. The van der Waals surface area contributed by atoms with Crippen molar-refractivity contribution in [1.29, 1.82) is 0 Å². The molecule has 0 spiro atoms. The number of carbonyl (C=O) groups excluding carboxylic acids is 2. The van der Waals surface area contributed by atoms with E-state index < -0.39 is 6.04 Å². The van der Waals surface area contributed by atoms with Gasteiger partial charge in [0.25, 0.3) is 5.91 Å². The fourth-order valence-electron chi connectivity index (χ4n) is 1.50. The lowest BCUT2D eigenvalue weighted by Crippen LogP contribution is -2.45. The molecule has 1 rings (SSSR count). The summed E-state index contributed by atoms with van der Waals surface area (Å²) in [7, 11) is 1.76. The van der Waals surface area contributed by atoms with Crippen molar-refractivity contribution in [3.05, 3.63) is 24.0 Å². The number of anilines is 1. The number of rotatable bonds is 6. The number of amides is 2. The van der Waals surface area contributed by atoms with Crippen molar-refractivity contribution in [3.8, 4) is 0 Å². The molecule has 1 atom stereocenters. The van der Waals surface area contributed by atoms with Crippen molar-refractivity contribution in [2.75, 3.05) is 18.9 Å². The molecule has 6 nitrogen and oxygen atoms in total. The predicted molar refractivity (Wildman–Crippen MR) is 78.6 cm³/mol. The maximum Gasteiger partial charge on any atom is 0.270 e. The lowest BCUT2D eigenvalue weighted by Gasteiger charge is -2.15. The van der Waals surface area contributed by atoms with Crippen LogP contribution in [0.5, 0.6) is 0 Å². The van der Waals surface area contributed by atoms with E-state index in [1.165, 1.54) is 0 Å². The van der Waals surface area contributed by atoms with Crippen LogP contribution in [0.25, 0.3) is 0 Å². The number of pyridine rings is 1. The molecule has 1 aromatic rings. The second kappa shape index (κ2) is 7.47. The second-order valence-corrected chi connectivity index (χ2v) is 5.01. The van der Waals surface area contributed by atoms with Crippen LogP contribution >= 0.6 is 0 Å². The number of nitrogens with zero attached hydrogens (tertiary/aromatic N) is 1. The van der Waals surface area contributed by atoms with Gasteiger partial charge in [-0.3, -0.25) is 14.6 Å². The normalized spacial score (nSPS) is 11.8. The highest BCUT2D eigenvalue weighted by molar-refractivity contribution is 5.96. The minimum Gasteiger partial charge on any atom is -0.388 e. The van der Waals surface area contributed by atoms with Gasteiger partial charge in [0.15, 0.2) is 0 Å². The van der Waals surface area contributed by atoms with E-state index in [0.717, 1.165) is 5.69 Å². The Balaban J connectivity index is 2.58. The molecular formula is C14H22N4O2. The Hall–Kier alpha value is -2.11. The zero-order valence-corrected chi connectivity index (χ0v) is 12.4. The first-order valence-corrected chi connectivity index (χ1v) is 6.66. The van der Waals surface area contributed by atoms with E-state index in [2.05, 4.69) is 20.9 Å². The molecule has 0 aromatic carbocycles. The zero-order chi connectivity index (χ0) is 15.1. The van der Waals surface area contributed by atoms with Crippen molar-refractivity contribution < 1.29 is 9.59 Å². The Bertz CT molecular complexity index is 474. The quantitative estimate of drug-likeness (QED) is 0.725. The van der Waals surface area contributed by atoms with Crippen LogP contribution in [0.3, 0.4) is 0 Å². The van der Waals surface area contributed by atoms with Crippen LogP contribution in [0.15, 0.2) is 18.3 Å². The molecule has 20 heavy (non-hydrogen) atoms. The number of hydrogen-bond acceptors (Lipinski definition) is 4. The van der Waals surface area contributed by atoms with Gasteiger partial charge in [-0.05, 0) is 25.0 Å². The summed E-state index contributed by atoms with van der Waals surface area (Å²) in [6, 6.07) is 2.80. The van der Waals surface area contributed by atoms with Gasteiger partial charge >= 0.3 is 0 Å². The first-order valence-electron chi connectivity index (χ1n) is 6.66. The zero-order valence-electron chi connectivity index (χ0n) is 12.4. The van der Waals surface area contributed by atoms with Crippen LogP contribution in [-0.4, -0.2) is 36.4 Å². The highest BCUT2D eigenvalue weighted by Gasteiger charge is 2.17. The highest BCUT2D eigenvalue weighted by Crippen LogP contribution is 2.06. The van der Waals surface area contributed by atoms with E-state index in [1.807, 2.05) is 13.8 Å². The molecule has 1 heterocycles. The largest absolute Gasteiger partial charge is 0.388 e. The lowest BCUT2D eigenvalue weighted by molar-refractivity contribution is -0.122. The van der Waals surface area contributed by atoms with Crippen molar-refractivity contribution in [3.63, 3.8) is 0 Å². The van der Waals surface area contributed by atoms with Crippen molar-refractivity contribution in [1.82, 2.24) is 15.6 Å². The first kappa shape index (κ1) is 15.9. The molecule has 0 aliphatic heterocycles. The smallest absolute Gasteiger partial charge is 0.270 e. The summed E-state index contributed by atoms with van der Waals surface area (Å²) >= 11 is 0. The van der Waals surface area contributed by atoms with Crippen LogP contribution in [0.4, 0.5) is 5.69 Å². The molecule has 2 amide bonds. The van der Waals surface area contributed by atoms with Gasteiger partial charge in [0, 0.05) is 25.5 Å². The molecule has 0 bridgehead atoms. The topological polar surface area (TPSA) is 83.1 Å². The molecule has 110 valence electrons. The number of nitrogens with one attached hydrogen (secondary N) is 3. The summed E-state index contributed by atoms with van der Waals surface area (Å²) in [5, 5.41) is 8.34. The minimum atomic E-state index is -0.596. The first-order chi connectivity index (χ1) is 9.43. The molecule has 1 unspecified atom stereocenters. The van der Waals surface area contributed by atoms with Gasteiger partial charge in [-0.25, -0.2) is 0 Å². The SMILES string of the molecule is CNc1ccnc(C(=O)NC(C)C(=O)NCC(C)C)c1. The maximum absolute atomic E-state index is 12.0. The van der Waals surface area contributed by atoms with Gasteiger partial charge in [0.1, 0.15) is 11.7 Å². The Morgan fingerprint density at radius 3 is 2.60 bits per heavy atom. The van der Waals surface area contributed by atoms with Crippen molar-refractivity contribution >= 4 is 17.5 Å². The third-order valence-corrected chi connectivity index (χ3v) is 2.71.